The van der Waals surface area contributed by atoms with E-state index in [1.807, 2.05) is 12.1 Å². The van der Waals surface area contributed by atoms with Crippen molar-refractivity contribution >= 4 is 0 Å². The van der Waals surface area contributed by atoms with Gasteiger partial charge in [-0.1, -0.05) is 43.7 Å². The summed E-state index contributed by atoms with van der Waals surface area (Å²) in [5, 5.41) is 4.43. The second kappa shape index (κ2) is 4.97. The van der Waals surface area contributed by atoms with Crippen LogP contribution in [0.3, 0.4) is 0 Å². The Kier molecular flexibility index (Phi) is 3.40. The monoisotopic (exact) mass is 213 g/mol. The summed E-state index contributed by atoms with van der Waals surface area (Å²) in [4.78, 5) is 0. The first-order chi connectivity index (χ1) is 7.81. The molecule has 0 amide bonds. The van der Waals surface area contributed by atoms with Gasteiger partial charge in [0.1, 0.15) is 0 Å². The summed E-state index contributed by atoms with van der Waals surface area (Å²) >= 11 is 0. The van der Waals surface area contributed by atoms with Crippen LogP contribution in [-0.4, -0.2) is 9.78 Å². The zero-order valence-corrected chi connectivity index (χ0v) is 9.69. The highest BCUT2D eigenvalue weighted by Gasteiger charge is 2.06. The Morgan fingerprint density at radius 3 is 2.69 bits per heavy atom. The number of hydrogen-bond acceptors (Lipinski definition) is 1. The van der Waals surface area contributed by atoms with Crippen LogP contribution in [0.2, 0.25) is 0 Å². The molecule has 0 saturated heterocycles. The van der Waals surface area contributed by atoms with Gasteiger partial charge in [-0.2, -0.15) is 5.10 Å². The number of aryl methyl sites for hydroxylation is 1. The van der Waals surface area contributed by atoms with Crippen molar-refractivity contribution in [2.75, 3.05) is 0 Å². The number of nitrogens with zero attached hydrogens (tertiary/aromatic N) is 2. The van der Waals surface area contributed by atoms with Crippen LogP contribution in [0.1, 0.15) is 25.5 Å². The molecule has 0 bridgehead atoms. The van der Waals surface area contributed by atoms with E-state index in [4.69, 9.17) is 0 Å². The third-order valence-corrected chi connectivity index (χ3v) is 2.62. The lowest BCUT2D eigenvalue weighted by Crippen LogP contribution is -2.02. The molecule has 2 aromatic rings. The van der Waals surface area contributed by atoms with Gasteiger partial charge < -0.3 is 0 Å². The molecule has 0 saturated carbocycles. The lowest BCUT2D eigenvalue weighted by atomic mass is 10.1. The molecule has 0 aliphatic carbocycles. The van der Waals surface area contributed by atoms with Crippen LogP contribution in [0.4, 0.5) is 0 Å². The van der Waals surface area contributed by atoms with E-state index < -0.39 is 0 Å². The van der Waals surface area contributed by atoms with Crippen molar-refractivity contribution in [1.29, 1.82) is 0 Å². The maximum atomic E-state index is 4.43. The van der Waals surface area contributed by atoms with Crippen LogP contribution in [-0.2, 0) is 6.54 Å². The molecular weight excluding hydrogens is 196 g/mol. The number of unbranched alkanes of at least 4 members (excludes halogenated alkanes) is 1. The molecule has 1 radical (unpaired) electrons. The third-order valence-electron chi connectivity index (χ3n) is 2.62. The van der Waals surface area contributed by atoms with E-state index in [-0.39, 0.29) is 0 Å². The summed E-state index contributed by atoms with van der Waals surface area (Å²) in [6.45, 7) is 7.06. The van der Waals surface area contributed by atoms with Gasteiger partial charge in [-0.3, -0.25) is 4.68 Å². The Balaban J connectivity index is 2.33. The lowest BCUT2D eigenvalue weighted by molar-refractivity contribution is 0.575. The van der Waals surface area contributed by atoms with Gasteiger partial charge in [0.2, 0.25) is 0 Å². The van der Waals surface area contributed by atoms with Crippen LogP contribution in [0, 0.1) is 6.92 Å². The first kappa shape index (κ1) is 10.9. The largest absolute Gasteiger partial charge is 0.265 e. The van der Waals surface area contributed by atoms with Crippen LogP contribution >= 0.6 is 0 Å². The number of hydrogen-bond donors (Lipinski definition) is 0. The molecule has 0 unspecified atom stereocenters. The molecule has 16 heavy (non-hydrogen) atoms. The molecule has 2 heteroatoms. The summed E-state index contributed by atoms with van der Waals surface area (Å²) < 4.78 is 2.06. The molecule has 0 aliphatic heterocycles. The molecule has 0 aliphatic rings. The molecule has 1 heterocycles. The van der Waals surface area contributed by atoms with E-state index in [1.54, 1.807) is 0 Å². The fourth-order valence-electron chi connectivity index (χ4n) is 1.79. The topological polar surface area (TPSA) is 17.8 Å². The summed E-state index contributed by atoms with van der Waals surface area (Å²) in [5.41, 5.74) is 3.22. The molecule has 1 aromatic heterocycles. The maximum Gasteiger partial charge on any atom is 0.0685 e. The molecule has 83 valence electrons. The average molecular weight is 213 g/mol. The predicted octanol–water partition coefficient (Wildman–Crippen LogP) is 3.53. The highest BCUT2D eigenvalue weighted by molar-refractivity contribution is 5.60. The van der Waals surface area contributed by atoms with Crippen LogP contribution < -0.4 is 0 Å². The second-order valence-electron chi connectivity index (χ2n) is 3.96. The smallest absolute Gasteiger partial charge is 0.0685 e. The van der Waals surface area contributed by atoms with E-state index in [0.717, 1.165) is 18.7 Å². The van der Waals surface area contributed by atoms with Gasteiger partial charge in [0.05, 0.1) is 11.4 Å². The van der Waals surface area contributed by atoms with Crippen LogP contribution in [0.15, 0.2) is 36.4 Å². The van der Waals surface area contributed by atoms with Gasteiger partial charge in [-0.15, -0.1) is 0 Å². The number of aromatic nitrogens is 2. The first-order valence-corrected chi connectivity index (χ1v) is 5.76. The normalized spacial score (nSPS) is 10.6. The molecule has 0 N–H and O–H groups in total. The summed E-state index contributed by atoms with van der Waals surface area (Å²) in [7, 11) is 0. The zero-order valence-electron chi connectivity index (χ0n) is 9.69. The molecule has 2 rings (SSSR count). The van der Waals surface area contributed by atoms with Crippen molar-refractivity contribution in [3.63, 3.8) is 0 Å². The van der Waals surface area contributed by atoms with Gasteiger partial charge in [0, 0.05) is 6.54 Å². The van der Waals surface area contributed by atoms with E-state index in [0.29, 0.717) is 0 Å². The quantitative estimate of drug-likeness (QED) is 0.759. The highest BCUT2D eigenvalue weighted by atomic mass is 15.3. The number of benzene rings is 1. The minimum atomic E-state index is 0.843. The molecular formula is C14H17N2. The predicted molar refractivity (Wildman–Crippen MR) is 67.0 cm³/mol. The molecule has 0 atom stereocenters. The van der Waals surface area contributed by atoms with E-state index >= 15 is 0 Å². The summed E-state index contributed by atoms with van der Waals surface area (Å²) in [6.07, 6.45) is 2.33. The van der Waals surface area contributed by atoms with Gasteiger partial charge >= 0.3 is 0 Å². The molecule has 0 fully saturated rings. The zero-order chi connectivity index (χ0) is 11.4. The van der Waals surface area contributed by atoms with Crippen molar-refractivity contribution in [1.82, 2.24) is 9.78 Å². The van der Waals surface area contributed by atoms with Gasteiger partial charge in [-0.05, 0) is 25.0 Å². The standard InChI is InChI=1S/C14H17N2/c1-3-4-10-16-14(11-12(2)15-16)13-8-6-5-7-9-13/h5-9,11H,2-4,10H2,1H3. The Bertz CT molecular complexity index is 443. The fourth-order valence-corrected chi connectivity index (χ4v) is 1.79. The highest BCUT2D eigenvalue weighted by Crippen LogP contribution is 2.20. The Morgan fingerprint density at radius 1 is 1.25 bits per heavy atom. The Hall–Kier alpha value is -1.57. The van der Waals surface area contributed by atoms with E-state index in [2.05, 4.69) is 47.9 Å². The van der Waals surface area contributed by atoms with Gasteiger partial charge in [-0.25, -0.2) is 0 Å². The average Bonchev–Trinajstić information content (AvgIpc) is 2.69. The summed E-state index contributed by atoms with van der Waals surface area (Å²) in [6, 6.07) is 12.4. The van der Waals surface area contributed by atoms with Crippen LogP contribution in [0.25, 0.3) is 11.3 Å². The molecule has 2 nitrogen and oxygen atoms in total. The molecule has 0 spiro atoms. The Labute approximate surface area is 96.9 Å². The third kappa shape index (κ3) is 2.32. The maximum absolute atomic E-state index is 4.43. The molecule has 1 aromatic carbocycles. The summed E-state index contributed by atoms with van der Waals surface area (Å²) in [5.74, 6) is 0. The first-order valence-electron chi connectivity index (χ1n) is 5.76. The van der Waals surface area contributed by atoms with Gasteiger partial charge in [0.15, 0.2) is 0 Å². The van der Waals surface area contributed by atoms with Crippen molar-refractivity contribution in [2.24, 2.45) is 0 Å². The van der Waals surface area contributed by atoms with Crippen molar-refractivity contribution < 1.29 is 0 Å². The Morgan fingerprint density at radius 2 is 2.00 bits per heavy atom. The lowest BCUT2D eigenvalue weighted by Gasteiger charge is -2.06. The van der Waals surface area contributed by atoms with Gasteiger partial charge in [0.25, 0.3) is 0 Å². The van der Waals surface area contributed by atoms with Crippen molar-refractivity contribution in [3.8, 4) is 11.3 Å². The van der Waals surface area contributed by atoms with Crippen LogP contribution in [0.5, 0.6) is 0 Å². The fraction of sp³-hybridized carbons (Fsp3) is 0.286. The van der Waals surface area contributed by atoms with Crippen molar-refractivity contribution in [3.05, 3.63) is 49.0 Å². The second-order valence-corrected chi connectivity index (χ2v) is 3.96. The van der Waals surface area contributed by atoms with E-state index in [1.165, 1.54) is 17.7 Å². The minimum Gasteiger partial charge on any atom is -0.265 e. The van der Waals surface area contributed by atoms with Crippen molar-refractivity contribution in [2.45, 2.75) is 26.3 Å². The number of rotatable bonds is 4. The van der Waals surface area contributed by atoms with E-state index in [9.17, 15) is 0 Å². The minimum absolute atomic E-state index is 0.843. The SMILES string of the molecule is [CH2]c1cc(-c2ccccc2)n(CCCC)n1.